The molecule has 1 fully saturated rings. The summed E-state index contributed by atoms with van der Waals surface area (Å²) in [6, 6.07) is 8.21. The van der Waals surface area contributed by atoms with Crippen molar-refractivity contribution in [2.24, 2.45) is 5.73 Å². The van der Waals surface area contributed by atoms with E-state index in [1.807, 2.05) is 32.9 Å². The maximum Gasteiger partial charge on any atom is 0.410 e. The third-order valence-electron chi connectivity index (χ3n) is 3.67. The van der Waals surface area contributed by atoms with E-state index in [2.05, 4.69) is 28.9 Å². The maximum atomic E-state index is 12.1. The lowest BCUT2D eigenvalue weighted by Gasteiger charge is -2.36. The van der Waals surface area contributed by atoms with Crippen LogP contribution in [0.1, 0.15) is 32.8 Å². The monoisotopic (exact) mass is 329 g/mol. The van der Waals surface area contributed by atoms with Gasteiger partial charge in [0, 0.05) is 50.4 Å². The molecule has 1 saturated heterocycles. The summed E-state index contributed by atoms with van der Waals surface area (Å²) >= 11 is 0. The SMILES string of the molecule is CC(C)(C)OC(=O)N1CCN(c2ccc(C#CCCN)cc2)CC1. The Hall–Kier alpha value is -2.19. The number of benzene rings is 1. The first kappa shape index (κ1) is 18.2. The molecule has 5 nitrogen and oxygen atoms in total. The van der Waals surface area contributed by atoms with Crippen LogP contribution in [0.15, 0.2) is 24.3 Å². The Balaban J connectivity index is 1.88. The number of hydrogen-bond donors (Lipinski definition) is 1. The van der Waals surface area contributed by atoms with Gasteiger partial charge in [0.05, 0.1) is 0 Å². The second-order valence-electron chi connectivity index (χ2n) is 6.84. The third-order valence-corrected chi connectivity index (χ3v) is 3.67. The smallest absolute Gasteiger partial charge is 0.410 e. The van der Waals surface area contributed by atoms with E-state index in [4.69, 9.17) is 10.5 Å². The number of piperazine rings is 1. The number of rotatable bonds is 2. The van der Waals surface area contributed by atoms with Crippen molar-refractivity contribution in [2.75, 3.05) is 37.6 Å². The summed E-state index contributed by atoms with van der Waals surface area (Å²) in [6.45, 7) is 9.21. The number of nitrogens with zero attached hydrogens (tertiary/aromatic N) is 2. The molecule has 0 spiro atoms. The molecular formula is C19H27N3O2. The molecule has 0 aromatic heterocycles. The zero-order valence-corrected chi connectivity index (χ0v) is 14.8. The van der Waals surface area contributed by atoms with E-state index in [-0.39, 0.29) is 6.09 Å². The van der Waals surface area contributed by atoms with Crippen LogP contribution >= 0.6 is 0 Å². The highest BCUT2D eigenvalue weighted by Gasteiger charge is 2.25. The zero-order chi connectivity index (χ0) is 17.6. The highest BCUT2D eigenvalue weighted by atomic mass is 16.6. The van der Waals surface area contributed by atoms with Crippen LogP contribution < -0.4 is 10.6 Å². The number of ether oxygens (including phenoxy) is 1. The van der Waals surface area contributed by atoms with Crippen LogP contribution in [0.5, 0.6) is 0 Å². The number of anilines is 1. The van der Waals surface area contributed by atoms with E-state index in [0.717, 1.165) is 24.3 Å². The van der Waals surface area contributed by atoms with Crippen molar-refractivity contribution in [3.63, 3.8) is 0 Å². The Kier molecular flexibility index (Phi) is 6.10. The first-order valence-electron chi connectivity index (χ1n) is 8.41. The van der Waals surface area contributed by atoms with Gasteiger partial charge in [0.2, 0.25) is 0 Å². The van der Waals surface area contributed by atoms with Crippen LogP contribution in [0.4, 0.5) is 10.5 Å². The average molecular weight is 329 g/mol. The molecule has 1 aliphatic heterocycles. The van der Waals surface area contributed by atoms with Crippen molar-refractivity contribution in [1.29, 1.82) is 0 Å². The third kappa shape index (κ3) is 5.47. The molecule has 0 bridgehead atoms. The molecule has 2 rings (SSSR count). The van der Waals surface area contributed by atoms with E-state index in [0.29, 0.717) is 26.1 Å². The first-order valence-corrected chi connectivity index (χ1v) is 8.41. The minimum Gasteiger partial charge on any atom is -0.444 e. The average Bonchev–Trinajstić information content (AvgIpc) is 2.54. The van der Waals surface area contributed by atoms with Crippen molar-refractivity contribution < 1.29 is 9.53 Å². The summed E-state index contributed by atoms with van der Waals surface area (Å²) in [5, 5.41) is 0. The first-order chi connectivity index (χ1) is 11.4. The van der Waals surface area contributed by atoms with Gasteiger partial charge in [-0.05, 0) is 45.0 Å². The van der Waals surface area contributed by atoms with E-state index in [1.165, 1.54) is 0 Å². The molecule has 1 aromatic carbocycles. The topological polar surface area (TPSA) is 58.8 Å². The zero-order valence-electron chi connectivity index (χ0n) is 14.8. The molecule has 0 atom stereocenters. The Morgan fingerprint density at radius 1 is 1.17 bits per heavy atom. The van der Waals surface area contributed by atoms with Gasteiger partial charge in [0.15, 0.2) is 0 Å². The van der Waals surface area contributed by atoms with Gasteiger partial charge in [-0.15, -0.1) is 0 Å². The Morgan fingerprint density at radius 3 is 2.33 bits per heavy atom. The fourth-order valence-corrected chi connectivity index (χ4v) is 2.47. The number of carbonyl (C=O) groups excluding carboxylic acids is 1. The van der Waals surface area contributed by atoms with E-state index < -0.39 is 5.60 Å². The lowest BCUT2D eigenvalue weighted by Crippen LogP contribution is -2.50. The second kappa shape index (κ2) is 8.07. The van der Waals surface area contributed by atoms with Crippen molar-refractivity contribution in [3.05, 3.63) is 29.8 Å². The number of nitrogens with two attached hydrogens (primary N) is 1. The Bertz CT molecular complexity index is 600. The van der Waals surface area contributed by atoms with Gasteiger partial charge in [0.1, 0.15) is 5.60 Å². The second-order valence-corrected chi connectivity index (χ2v) is 6.84. The molecule has 130 valence electrons. The van der Waals surface area contributed by atoms with Crippen LogP contribution in [0.2, 0.25) is 0 Å². The Labute approximate surface area is 144 Å². The van der Waals surface area contributed by atoms with E-state index in [1.54, 1.807) is 4.90 Å². The van der Waals surface area contributed by atoms with Crippen molar-refractivity contribution in [2.45, 2.75) is 32.8 Å². The summed E-state index contributed by atoms with van der Waals surface area (Å²) < 4.78 is 5.42. The van der Waals surface area contributed by atoms with Gasteiger partial charge in [-0.1, -0.05) is 11.8 Å². The van der Waals surface area contributed by atoms with E-state index >= 15 is 0 Å². The molecule has 24 heavy (non-hydrogen) atoms. The van der Waals surface area contributed by atoms with Gasteiger partial charge in [-0.3, -0.25) is 0 Å². The van der Waals surface area contributed by atoms with Crippen LogP contribution in [0.3, 0.4) is 0 Å². The highest BCUT2D eigenvalue weighted by Crippen LogP contribution is 2.18. The fraction of sp³-hybridized carbons (Fsp3) is 0.526. The molecule has 0 radical (unpaired) electrons. The normalized spacial score (nSPS) is 14.8. The van der Waals surface area contributed by atoms with Crippen molar-refractivity contribution >= 4 is 11.8 Å². The predicted molar refractivity (Wildman–Crippen MR) is 97.0 cm³/mol. The van der Waals surface area contributed by atoms with Gasteiger partial charge < -0.3 is 20.3 Å². The summed E-state index contributed by atoms with van der Waals surface area (Å²) in [7, 11) is 0. The summed E-state index contributed by atoms with van der Waals surface area (Å²) in [4.78, 5) is 16.1. The predicted octanol–water partition coefficient (Wildman–Crippen LogP) is 2.44. The summed E-state index contributed by atoms with van der Waals surface area (Å²) in [6.07, 6.45) is 0.488. The molecule has 2 N–H and O–H groups in total. The van der Waals surface area contributed by atoms with Crippen LogP contribution in [0, 0.1) is 11.8 Å². The van der Waals surface area contributed by atoms with Gasteiger partial charge >= 0.3 is 6.09 Å². The lowest BCUT2D eigenvalue weighted by atomic mass is 10.1. The molecular weight excluding hydrogens is 302 g/mol. The van der Waals surface area contributed by atoms with Gasteiger partial charge in [-0.25, -0.2) is 4.79 Å². The fourth-order valence-electron chi connectivity index (χ4n) is 2.47. The van der Waals surface area contributed by atoms with Crippen LogP contribution in [-0.2, 0) is 4.74 Å². The molecule has 1 heterocycles. The highest BCUT2D eigenvalue weighted by molar-refractivity contribution is 5.68. The number of carbonyl (C=O) groups is 1. The quantitative estimate of drug-likeness (QED) is 0.847. The molecule has 1 amide bonds. The molecule has 5 heteroatoms. The molecule has 0 saturated carbocycles. The molecule has 0 unspecified atom stereocenters. The van der Waals surface area contributed by atoms with Crippen molar-refractivity contribution in [3.8, 4) is 11.8 Å². The standard InChI is InChI=1S/C19H27N3O2/c1-19(2,3)24-18(23)22-14-12-21(13-15-22)17-9-7-16(8-10-17)6-4-5-11-20/h7-10H,5,11-15,20H2,1-3H3. The van der Waals surface area contributed by atoms with Crippen LogP contribution in [0.25, 0.3) is 0 Å². The summed E-state index contributed by atoms with van der Waals surface area (Å²) in [5.74, 6) is 6.14. The Morgan fingerprint density at radius 2 is 1.79 bits per heavy atom. The maximum absolute atomic E-state index is 12.1. The van der Waals surface area contributed by atoms with Gasteiger partial charge in [-0.2, -0.15) is 0 Å². The summed E-state index contributed by atoms with van der Waals surface area (Å²) in [5.41, 5.74) is 7.14. The van der Waals surface area contributed by atoms with Gasteiger partial charge in [0.25, 0.3) is 0 Å². The molecule has 1 aliphatic rings. The van der Waals surface area contributed by atoms with E-state index in [9.17, 15) is 4.79 Å². The number of hydrogen-bond acceptors (Lipinski definition) is 4. The van der Waals surface area contributed by atoms with Crippen molar-refractivity contribution in [1.82, 2.24) is 4.90 Å². The van der Waals surface area contributed by atoms with Crippen LogP contribution in [-0.4, -0.2) is 49.3 Å². The lowest BCUT2D eigenvalue weighted by molar-refractivity contribution is 0.0240. The minimum atomic E-state index is -0.449. The largest absolute Gasteiger partial charge is 0.444 e. The number of amides is 1. The minimum absolute atomic E-state index is 0.229. The molecule has 0 aliphatic carbocycles. The molecule has 1 aromatic rings.